The van der Waals surface area contributed by atoms with Crippen molar-refractivity contribution >= 4 is 0 Å². The number of hydrogen-bond acceptors (Lipinski definition) is 3. The molecule has 1 atom stereocenters. The van der Waals surface area contributed by atoms with Crippen LogP contribution in [-0.4, -0.2) is 24.5 Å². The molecule has 0 aliphatic rings. The summed E-state index contributed by atoms with van der Waals surface area (Å²) >= 11 is 0. The van der Waals surface area contributed by atoms with E-state index in [1.54, 1.807) is 6.26 Å². The maximum atomic E-state index is 5.93. The molecule has 0 bridgehead atoms. The van der Waals surface area contributed by atoms with Gasteiger partial charge in [0, 0.05) is 25.2 Å². The summed E-state index contributed by atoms with van der Waals surface area (Å²) in [6.45, 7) is 11.8. The van der Waals surface area contributed by atoms with Crippen molar-refractivity contribution in [2.75, 3.05) is 19.6 Å². The van der Waals surface area contributed by atoms with E-state index in [1.807, 2.05) is 12.3 Å². The monoisotopic (exact) mass is 238 g/mol. The second-order valence-electron chi connectivity index (χ2n) is 5.55. The van der Waals surface area contributed by atoms with Crippen molar-refractivity contribution < 1.29 is 4.42 Å². The standard InChI is InChI=1S/C14H26N2O/c1-11(2)8-16(9-12(3)4)14(7-15)13-5-6-17-10-13/h5-6,10-12,14H,7-9,15H2,1-4H3. The van der Waals surface area contributed by atoms with Gasteiger partial charge in [-0.3, -0.25) is 4.90 Å². The second kappa shape index (κ2) is 6.82. The van der Waals surface area contributed by atoms with Gasteiger partial charge in [0.2, 0.25) is 0 Å². The number of nitrogens with two attached hydrogens (primary N) is 1. The molecule has 1 aromatic rings. The summed E-state index contributed by atoms with van der Waals surface area (Å²) in [4.78, 5) is 2.47. The Kier molecular flexibility index (Phi) is 5.72. The highest BCUT2D eigenvalue weighted by Gasteiger charge is 2.21. The van der Waals surface area contributed by atoms with Crippen molar-refractivity contribution in [2.45, 2.75) is 33.7 Å². The van der Waals surface area contributed by atoms with Gasteiger partial charge in [-0.25, -0.2) is 0 Å². The number of rotatable bonds is 7. The van der Waals surface area contributed by atoms with E-state index in [-0.39, 0.29) is 6.04 Å². The zero-order valence-corrected chi connectivity index (χ0v) is 11.5. The lowest BCUT2D eigenvalue weighted by Crippen LogP contribution is -2.38. The van der Waals surface area contributed by atoms with Crippen LogP contribution in [0.4, 0.5) is 0 Å². The van der Waals surface area contributed by atoms with Gasteiger partial charge >= 0.3 is 0 Å². The minimum Gasteiger partial charge on any atom is -0.472 e. The Morgan fingerprint density at radius 3 is 2.12 bits per heavy atom. The molecule has 0 aliphatic carbocycles. The van der Waals surface area contributed by atoms with Crippen molar-refractivity contribution in [3.63, 3.8) is 0 Å². The first-order valence-electron chi connectivity index (χ1n) is 6.50. The number of nitrogens with zero attached hydrogens (tertiary/aromatic N) is 1. The molecule has 98 valence electrons. The van der Waals surface area contributed by atoms with Crippen LogP contribution in [0, 0.1) is 11.8 Å². The fourth-order valence-electron chi connectivity index (χ4n) is 2.23. The molecule has 1 rings (SSSR count). The van der Waals surface area contributed by atoms with Crippen LogP contribution in [-0.2, 0) is 0 Å². The molecule has 17 heavy (non-hydrogen) atoms. The third-order valence-corrected chi connectivity index (χ3v) is 2.79. The Labute approximate surface area is 105 Å². The zero-order valence-electron chi connectivity index (χ0n) is 11.5. The Morgan fingerprint density at radius 1 is 1.18 bits per heavy atom. The highest BCUT2D eigenvalue weighted by atomic mass is 16.3. The first-order valence-corrected chi connectivity index (χ1v) is 6.50. The molecule has 2 N–H and O–H groups in total. The average Bonchev–Trinajstić information content (AvgIpc) is 2.70. The SMILES string of the molecule is CC(C)CN(CC(C)C)C(CN)c1ccoc1. The van der Waals surface area contributed by atoms with Gasteiger partial charge in [-0.1, -0.05) is 27.7 Å². The fraction of sp³-hybridized carbons (Fsp3) is 0.714. The molecule has 1 unspecified atom stereocenters. The lowest BCUT2D eigenvalue weighted by atomic mass is 10.0. The number of hydrogen-bond donors (Lipinski definition) is 1. The summed E-state index contributed by atoms with van der Waals surface area (Å²) in [6.07, 6.45) is 3.53. The predicted molar refractivity (Wildman–Crippen MR) is 71.8 cm³/mol. The third kappa shape index (κ3) is 4.52. The molecular weight excluding hydrogens is 212 g/mol. The summed E-state index contributed by atoms with van der Waals surface area (Å²) in [6, 6.07) is 2.30. The molecular formula is C14H26N2O. The maximum absolute atomic E-state index is 5.93. The minimum absolute atomic E-state index is 0.276. The van der Waals surface area contributed by atoms with Gasteiger partial charge in [0.15, 0.2) is 0 Å². The van der Waals surface area contributed by atoms with Crippen LogP contribution >= 0.6 is 0 Å². The first kappa shape index (κ1) is 14.3. The lowest BCUT2D eigenvalue weighted by Gasteiger charge is -2.33. The molecule has 3 heteroatoms. The van der Waals surface area contributed by atoms with E-state index in [9.17, 15) is 0 Å². The quantitative estimate of drug-likeness (QED) is 0.794. The van der Waals surface area contributed by atoms with Crippen LogP contribution in [0.1, 0.15) is 39.3 Å². The zero-order chi connectivity index (χ0) is 12.8. The van der Waals surface area contributed by atoms with Crippen LogP contribution in [0.3, 0.4) is 0 Å². The summed E-state index contributed by atoms with van der Waals surface area (Å²) in [5.41, 5.74) is 7.12. The molecule has 3 nitrogen and oxygen atoms in total. The highest BCUT2D eigenvalue weighted by Crippen LogP contribution is 2.22. The number of furan rings is 1. The molecule has 0 fully saturated rings. The van der Waals surface area contributed by atoms with E-state index in [2.05, 4.69) is 32.6 Å². The average molecular weight is 238 g/mol. The van der Waals surface area contributed by atoms with Crippen molar-refractivity contribution in [3.8, 4) is 0 Å². The molecule has 0 saturated carbocycles. The van der Waals surface area contributed by atoms with Crippen molar-refractivity contribution in [2.24, 2.45) is 17.6 Å². The smallest absolute Gasteiger partial charge is 0.0950 e. The summed E-state index contributed by atoms with van der Waals surface area (Å²) < 4.78 is 5.18. The minimum atomic E-state index is 0.276. The van der Waals surface area contributed by atoms with Crippen molar-refractivity contribution in [1.29, 1.82) is 0 Å². The van der Waals surface area contributed by atoms with Crippen molar-refractivity contribution in [3.05, 3.63) is 24.2 Å². The van der Waals surface area contributed by atoms with Crippen LogP contribution < -0.4 is 5.73 Å². The van der Waals surface area contributed by atoms with E-state index in [1.165, 1.54) is 5.56 Å². The Bertz CT molecular complexity index is 283. The third-order valence-electron chi connectivity index (χ3n) is 2.79. The van der Waals surface area contributed by atoms with Gasteiger partial charge in [-0.2, -0.15) is 0 Å². The van der Waals surface area contributed by atoms with Crippen LogP contribution in [0.15, 0.2) is 23.0 Å². The first-order chi connectivity index (χ1) is 8.04. The van der Waals surface area contributed by atoms with E-state index >= 15 is 0 Å². The summed E-state index contributed by atoms with van der Waals surface area (Å²) in [7, 11) is 0. The Balaban J connectivity index is 2.78. The van der Waals surface area contributed by atoms with Gasteiger partial charge in [-0.05, 0) is 17.9 Å². The normalized spacial score (nSPS) is 13.9. The van der Waals surface area contributed by atoms with Crippen LogP contribution in [0.2, 0.25) is 0 Å². The van der Waals surface area contributed by atoms with Gasteiger partial charge in [0.05, 0.1) is 18.6 Å². The summed E-state index contributed by atoms with van der Waals surface area (Å²) in [5, 5.41) is 0. The van der Waals surface area contributed by atoms with Gasteiger partial charge in [0.1, 0.15) is 0 Å². The Morgan fingerprint density at radius 2 is 1.76 bits per heavy atom. The maximum Gasteiger partial charge on any atom is 0.0950 e. The molecule has 1 aromatic heterocycles. The van der Waals surface area contributed by atoms with E-state index in [0.29, 0.717) is 18.4 Å². The van der Waals surface area contributed by atoms with Crippen molar-refractivity contribution in [1.82, 2.24) is 4.90 Å². The predicted octanol–water partition coefficient (Wildman–Crippen LogP) is 2.89. The molecule has 1 heterocycles. The van der Waals surface area contributed by atoms with Crippen LogP contribution in [0.5, 0.6) is 0 Å². The molecule has 0 saturated heterocycles. The van der Waals surface area contributed by atoms with E-state index < -0.39 is 0 Å². The molecule has 0 spiro atoms. The molecule has 0 aromatic carbocycles. The fourth-order valence-corrected chi connectivity index (χ4v) is 2.23. The molecule has 0 amide bonds. The van der Waals surface area contributed by atoms with Crippen LogP contribution in [0.25, 0.3) is 0 Å². The molecule has 0 radical (unpaired) electrons. The van der Waals surface area contributed by atoms with E-state index in [4.69, 9.17) is 10.2 Å². The summed E-state index contributed by atoms with van der Waals surface area (Å²) in [5.74, 6) is 1.30. The molecule has 0 aliphatic heterocycles. The lowest BCUT2D eigenvalue weighted by molar-refractivity contribution is 0.159. The van der Waals surface area contributed by atoms with Gasteiger partial charge in [0.25, 0.3) is 0 Å². The highest BCUT2D eigenvalue weighted by molar-refractivity contribution is 5.12. The topological polar surface area (TPSA) is 42.4 Å². The van der Waals surface area contributed by atoms with Gasteiger partial charge in [-0.15, -0.1) is 0 Å². The largest absolute Gasteiger partial charge is 0.472 e. The van der Waals surface area contributed by atoms with Gasteiger partial charge < -0.3 is 10.2 Å². The second-order valence-corrected chi connectivity index (χ2v) is 5.55. The van der Waals surface area contributed by atoms with E-state index in [0.717, 1.165) is 13.1 Å². The Hall–Kier alpha value is -0.800.